The zero-order valence-electron chi connectivity index (χ0n) is 46.1. The van der Waals surface area contributed by atoms with E-state index in [9.17, 15) is 44.7 Å². The van der Waals surface area contributed by atoms with E-state index in [1.807, 2.05) is 77.3 Å². The molecule has 1 aliphatic heterocycles. The minimum atomic E-state index is -6.13. The van der Waals surface area contributed by atoms with E-state index in [-0.39, 0.29) is 23.1 Å². The Kier molecular flexibility index (Phi) is 20.9. The molecule has 0 saturated carbocycles. The molecule has 1 aliphatic rings. The number of aliphatic hydroxyl groups excluding tert-OH is 1. The van der Waals surface area contributed by atoms with E-state index in [0.717, 1.165) is 39.4 Å². The van der Waals surface area contributed by atoms with Crippen LogP contribution >= 0.6 is 23.4 Å². The Morgan fingerprint density at radius 1 is 0.861 bits per heavy atom. The molecule has 6 rings (SSSR count). The summed E-state index contributed by atoms with van der Waals surface area (Å²) in [6.45, 7) is 18.9. The fourth-order valence-electron chi connectivity index (χ4n) is 8.57. The number of nitrogens with zero attached hydrogens (tertiary/aromatic N) is 2. The molecule has 1 heterocycles. The van der Waals surface area contributed by atoms with Gasteiger partial charge in [-0.15, -0.1) is 11.8 Å². The summed E-state index contributed by atoms with van der Waals surface area (Å²) in [5.74, 6) is -0.924. The van der Waals surface area contributed by atoms with Crippen molar-refractivity contribution in [3.8, 4) is 11.1 Å². The van der Waals surface area contributed by atoms with Gasteiger partial charge in [-0.05, 0) is 167 Å². The maximum absolute atomic E-state index is 14.4. The predicted octanol–water partition coefficient (Wildman–Crippen LogP) is 12.3. The summed E-state index contributed by atoms with van der Waals surface area (Å²) in [5.41, 5.74) is -3.13. The number of amides is 2. The van der Waals surface area contributed by atoms with Crippen LogP contribution in [0.5, 0.6) is 0 Å². The van der Waals surface area contributed by atoms with Gasteiger partial charge in [0.25, 0.3) is 25.8 Å². The number of alkyl halides is 3. The number of hydrogen-bond acceptors (Lipinski definition) is 13. The summed E-state index contributed by atoms with van der Waals surface area (Å²) in [6, 6.07) is 30.2. The highest BCUT2D eigenvalue weighted by molar-refractivity contribution is 7.99. The number of piperidine rings is 1. The Morgan fingerprint density at radius 2 is 1.51 bits per heavy atom. The average Bonchev–Trinajstić information content (AvgIpc) is 3.43. The van der Waals surface area contributed by atoms with Gasteiger partial charge < -0.3 is 34.7 Å². The van der Waals surface area contributed by atoms with Gasteiger partial charge >= 0.3 is 11.6 Å². The molecule has 4 N–H and O–H groups in total. The Morgan fingerprint density at radius 3 is 2.11 bits per heavy atom. The first kappa shape index (κ1) is 63.1. The predicted molar refractivity (Wildman–Crippen MR) is 310 cm³/mol. The molecule has 22 heteroatoms. The van der Waals surface area contributed by atoms with Crippen molar-refractivity contribution in [3.05, 3.63) is 137 Å². The molecule has 5 aromatic carbocycles. The molecule has 0 aliphatic carbocycles. The normalized spacial score (nSPS) is 14.9. The second-order valence-electron chi connectivity index (χ2n) is 22.3. The van der Waals surface area contributed by atoms with Crippen molar-refractivity contribution in [2.24, 2.45) is 5.92 Å². The molecule has 2 atom stereocenters. The van der Waals surface area contributed by atoms with Crippen LogP contribution in [0.4, 0.5) is 29.3 Å². The maximum Gasteiger partial charge on any atom is 0.501 e. The van der Waals surface area contributed by atoms with Crippen LogP contribution in [0.15, 0.2) is 130 Å². The summed E-state index contributed by atoms with van der Waals surface area (Å²) >= 11 is 7.62. The van der Waals surface area contributed by atoms with Gasteiger partial charge in [0.1, 0.15) is 10.5 Å². The number of halogens is 4. The lowest BCUT2D eigenvalue weighted by Crippen LogP contribution is -2.42. The summed E-state index contributed by atoms with van der Waals surface area (Å²) < 4.78 is 111. The van der Waals surface area contributed by atoms with Crippen LogP contribution in [0.1, 0.15) is 88.4 Å². The average molecular weight is 1190 g/mol. The molecule has 430 valence electrons. The van der Waals surface area contributed by atoms with Gasteiger partial charge in [0.05, 0.1) is 16.7 Å². The van der Waals surface area contributed by atoms with Gasteiger partial charge in [-0.2, -0.15) is 13.2 Å². The Bertz CT molecular complexity index is 3100. The quantitative estimate of drug-likeness (QED) is 0.0380. The summed E-state index contributed by atoms with van der Waals surface area (Å²) in [7, 11) is -11.2. The van der Waals surface area contributed by atoms with Crippen molar-refractivity contribution >= 4 is 74.9 Å². The Balaban J connectivity index is 1.13. The summed E-state index contributed by atoms with van der Waals surface area (Å²) in [6.07, 6.45) is 0.104. The van der Waals surface area contributed by atoms with Crippen LogP contribution in [0.3, 0.4) is 0 Å². The molecule has 5 aromatic rings. The van der Waals surface area contributed by atoms with E-state index in [1.165, 1.54) is 23.9 Å². The SMILES string of the molecule is CN(CCO[Si](C)(C)C(C)(C)C)CC[C@H](CSc1ccccc1)Nc1ccc(S(=O)(=O)NC(=O)c2ccc(N3CCC([C@@H](O)c4cc(CNC(=O)OC(C)(C)C)ccc4-c4ccc(Cl)cc4)CC3)cc2)cc1S(=O)(=O)C(F)(F)F. The molecule has 1 saturated heterocycles. The molecule has 14 nitrogen and oxygen atoms in total. The number of thioether (sulfide) groups is 1. The second-order valence-corrected chi connectivity index (χ2v) is 32.2. The largest absolute Gasteiger partial charge is 0.501 e. The number of anilines is 2. The first-order valence-electron chi connectivity index (χ1n) is 26.0. The number of alkyl carbamates (subject to hydrolysis) is 1. The second kappa shape index (κ2) is 26.2. The minimum Gasteiger partial charge on any atom is -0.444 e. The van der Waals surface area contributed by atoms with Gasteiger partial charge in [-0.3, -0.25) is 4.79 Å². The standard InChI is InChI=1S/C57H73ClF3N5O9S3Si/c1-55(2,3)75-54(69)62-37-39-15-25-48(40-16-20-43(58)21-17-40)49(35-39)52(67)41-27-31-66(32-28-41)45-22-18-42(19-23-45)53(68)64-78(72,73)47-24-26-50(51(36-47)77(70,71)57(59,60)61)63-44(38-76-46-13-11-10-12-14-46)29-30-65(7)33-34-74-79(8,9)56(4,5)6/h10-26,35-36,41,44,52,63,67H,27-34,37-38H2,1-9H3,(H,62,69)(H,64,68)/t44-,52-/m1/s1. The smallest absolute Gasteiger partial charge is 0.444 e. The van der Waals surface area contributed by atoms with Crippen LogP contribution in [0, 0.1) is 5.92 Å². The van der Waals surface area contributed by atoms with Crippen LogP contribution in [0.25, 0.3) is 11.1 Å². The van der Waals surface area contributed by atoms with Crippen LogP contribution in [-0.2, 0) is 35.6 Å². The molecule has 0 aromatic heterocycles. The van der Waals surface area contributed by atoms with E-state index in [2.05, 4.69) is 49.4 Å². The number of sulfonamides is 1. The van der Waals surface area contributed by atoms with E-state index in [4.69, 9.17) is 20.8 Å². The van der Waals surface area contributed by atoms with Crippen LogP contribution in [0.2, 0.25) is 23.2 Å². The third kappa shape index (κ3) is 17.4. The van der Waals surface area contributed by atoms with Crippen LogP contribution in [-0.4, -0.2) is 110 Å². The number of likely N-dealkylation sites (N-methyl/N-ethyl adjacent to an activating group) is 1. The molecule has 0 spiro atoms. The number of hydrogen-bond donors (Lipinski definition) is 4. The Labute approximate surface area is 474 Å². The van der Waals surface area contributed by atoms with Crippen molar-refractivity contribution in [2.45, 2.75) is 123 Å². The van der Waals surface area contributed by atoms with E-state index in [0.29, 0.717) is 74.5 Å². The number of carbonyl (C=O) groups excluding carboxylic acids is 2. The number of aliphatic hydroxyl groups is 1. The number of nitrogens with one attached hydrogen (secondary N) is 3. The molecule has 1 fully saturated rings. The van der Waals surface area contributed by atoms with Gasteiger partial charge in [0.15, 0.2) is 8.32 Å². The van der Waals surface area contributed by atoms with Crippen molar-refractivity contribution in [2.75, 3.05) is 55.8 Å². The highest BCUT2D eigenvalue weighted by Gasteiger charge is 2.48. The Hall–Kier alpha value is -5.13. The molecule has 0 bridgehead atoms. The molecule has 0 unspecified atom stereocenters. The number of carbonyl (C=O) groups is 2. The first-order chi connectivity index (χ1) is 36.8. The van der Waals surface area contributed by atoms with E-state index >= 15 is 0 Å². The lowest BCUT2D eigenvalue weighted by Gasteiger charge is -2.36. The zero-order valence-corrected chi connectivity index (χ0v) is 50.3. The topological polar surface area (TPSA) is 184 Å². The molecular weight excluding hydrogens is 1120 g/mol. The number of sulfone groups is 1. The summed E-state index contributed by atoms with van der Waals surface area (Å²) in [4.78, 5) is 28.8. The maximum atomic E-state index is 14.4. The monoisotopic (exact) mass is 1190 g/mol. The van der Waals surface area contributed by atoms with Gasteiger partial charge in [-0.25, -0.2) is 26.4 Å². The minimum absolute atomic E-state index is 0.0161. The highest BCUT2D eigenvalue weighted by atomic mass is 35.5. The fourth-order valence-corrected chi connectivity index (χ4v) is 12.7. The fraction of sp³-hybridized carbons (Fsp3) is 0.439. The number of rotatable bonds is 22. The number of ether oxygens (including phenoxy) is 1. The summed E-state index contributed by atoms with van der Waals surface area (Å²) in [5, 5.41) is 18.3. The zero-order chi connectivity index (χ0) is 58.1. The van der Waals surface area contributed by atoms with Gasteiger partial charge in [-0.1, -0.05) is 80.9 Å². The van der Waals surface area contributed by atoms with E-state index < -0.39 is 78.9 Å². The molecule has 0 radical (unpaired) electrons. The van der Waals surface area contributed by atoms with Crippen molar-refractivity contribution in [1.82, 2.24) is 14.9 Å². The lowest BCUT2D eigenvalue weighted by atomic mass is 9.83. The lowest BCUT2D eigenvalue weighted by molar-refractivity contribution is -0.0436. The van der Waals surface area contributed by atoms with E-state index in [1.54, 1.807) is 45.0 Å². The highest BCUT2D eigenvalue weighted by Crippen LogP contribution is 2.40. The third-order valence-electron chi connectivity index (χ3n) is 14.1. The van der Waals surface area contributed by atoms with Crippen LogP contribution < -0.4 is 20.3 Å². The third-order valence-corrected chi connectivity index (χ3v) is 23.0. The van der Waals surface area contributed by atoms with Crippen molar-refractivity contribution in [3.63, 3.8) is 0 Å². The first-order valence-corrected chi connectivity index (χ1v) is 33.3. The molecule has 2 amide bonds. The molecule has 79 heavy (non-hydrogen) atoms. The van der Waals surface area contributed by atoms with Crippen molar-refractivity contribution < 1.29 is 53.9 Å². The molecular formula is C57H73ClF3N5O9S3Si. The van der Waals surface area contributed by atoms with Gasteiger partial charge in [0.2, 0.25) is 0 Å². The van der Waals surface area contributed by atoms with Gasteiger partial charge in [0, 0.05) is 65.7 Å². The number of benzene rings is 5. The van der Waals surface area contributed by atoms with Crippen molar-refractivity contribution in [1.29, 1.82) is 0 Å².